The molecule has 116 valence electrons. The smallest absolute Gasteiger partial charge is 0.409 e. The molecule has 1 aliphatic rings. The zero-order chi connectivity index (χ0) is 15.2. The standard InChI is InChI=1S/C16H24N2O3/c1-18(2)16(19)21-15-6-4-5-13(11-15)17-12-7-9-14(20-3)10-8-12/h7-10,13,15,17H,4-6,11H2,1-3H3/t13-,15-/m1/s1. The number of hydrogen-bond acceptors (Lipinski definition) is 4. The third-order valence-electron chi connectivity index (χ3n) is 3.72. The topological polar surface area (TPSA) is 50.8 Å². The van der Waals surface area contributed by atoms with Crippen molar-refractivity contribution in [2.24, 2.45) is 0 Å². The van der Waals surface area contributed by atoms with E-state index in [0.717, 1.165) is 37.1 Å². The molecule has 0 aliphatic heterocycles. The highest BCUT2D eigenvalue weighted by Crippen LogP contribution is 2.25. The molecule has 5 heteroatoms. The van der Waals surface area contributed by atoms with E-state index in [1.807, 2.05) is 24.3 Å². The van der Waals surface area contributed by atoms with E-state index >= 15 is 0 Å². The molecule has 21 heavy (non-hydrogen) atoms. The molecule has 0 unspecified atom stereocenters. The van der Waals surface area contributed by atoms with E-state index in [0.29, 0.717) is 6.04 Å². The summed E-state index contributed by atoms with van der Waals surface area (Å²) in [6.07, 6.45) is 3.71. The third-order valence-corrected chi connectivity index (χ3v) is 3.72. The summed E-state index contributed by atoms with van der Waals surface area (Å²) in [6, 6.07) is 8.23. The van der Waals surface area contributed by atoms with Crippen molar-refractivity contribution in [1.29, 1.82) is 0 Å². The molecule has 2 rings (SSSR count). The number of benzene rings is 1. The maximum atomic E-state index is 11.6. The molecule has 0 saturated heterocycles. The Labute approximate surface area is 126 Å². The first-order valence-electron chi connectivity index (χ1n) is 7.37. The summed E-state index contributed by atoms with van der Waals surface area (Å²) < 4.78 is 10.6. The number of amides is 1. The average Bonchev–Trinajstić information content (AvgIpc) is 2.48. The van der Waals surface area contributed by atoms with Crippen LogP contribution >= 0.6 is 0 Å². The van der Waals surface area contributed by atoms with Crippen LogP contribution in [-0.4, -0.2) is 44.3 Å². The molecule has 1 aromatic rings. The van der Waals surface area contributed by atoms with Crippen LogP contribution in [0.5, 0.6) is 5.75 Å². The minimum atomic E-state index is -0.259. The molecule has 1 N–H and O–H groups in total. The third kappa shape index (κ3) is 4.55. The van der Waals surface area contributed by atoms with E-state index < -0.39 is 0 Å². The second-order valence-electron chi connectivity index (χ2n) is 5.64. The normalized spacial score (nSPS) is 21.5. The van der Waals surface area contributed by atoms with Gasteiger partial charge in [-0.05, 0) is 43.5 Å². The SMILES string of the molecule is COc1ccc(N[C@@H]2CCC[C@@H](OC(=O)N(C)C)C2)cc1. The molecule has 1 fully saturated rings. The van der Waals surface area contributed by atoms with Crippen LogP contribution in [0.25, 0.3) is 0 Å². The van der Waals surface area contributed by atoms with Crippen molar-refractivity contribution in [2.45, 2.75) is 37.8 Å². The number of anilines is 1. The van der Waals surface area contributed by atoms with Crippen LogP contribution < -0.4 is 10.1 Å². The lowest BCUT2D eigenvalue weighted by atomic mass is 9.92. The molecule has 0 radical (unpaired) electrons. The lowest BCUT2D eigenvalue weighted by molar-refractivity contribution is 0.0534. The van der Waals surface area contributed by atoms with Crippen molar-refractivity contribution < 1.29 is 14.3 Å². The van der Waals surface area contributed by atoms with Gasteiger partial charge in [0.1, 0.15) is 11.9 Å². The summed E-state index contributed by atoms with van der Waals surface area (Å²) in [5.41, 5.74) is 1.07. The highest BCUT2D eigenvalue weighted by atomic mass is 16.6. The van der Waals surface area contributed by atoms with Gasteiger partial charge in [0.2, 0.25) is 0 Å². The van der Waals surface area contributed by atoms with E-state index in [-0.39, 0.29) is 12.2 Å². The fourth-order valence-corrected chi connectivity index (χ4v) is 2.55. The van der Waals surface area contributed by atoms with Crippen LogP contribution in [0.1, 0.15) is 25.7 Å². The van der Waals surface area contributed by atoms with Crippen LogP contribution in [0.2, 0.25) is 0 Å². The fraction of sp³-hybridized carbons (Fsp3) is 0.562. The molecule has 0 aromatic heterocycles. The molecular weight excluding hydrogens is 268 g/mol. The summed E-state index contributed by atoms with van der Waals surface area (Å²) in [6.45, 7) is 0. The van der Waals surface area contributed by atoms with Gasteiger partial charge in [0.15, 0.2) is 0 Å². The van der Waals surface area contributed by atoms with Gasteiger partial charge in [0.25, 0.3) is 0 Å². The van der Waals surface area contributed by atoms with Crippen LogP contribution in [0.3, 0.4) is 0 Å². The van der Waals surface area contributed by atoms with E-state index in [2.05, 4.69) is 5.32 Å². The molecule has 5 nitrogen and oxygen atoms in total. The molecular formula is C16H24N2O3. The number of nitrogens with zero attached hydrogens (tertiary/aromatic N) is 1. The predicted molar refractivity (Wildman–Crippen MR) is 82.8 cm³/mol. The zero-order valence-corrected chi connectivity index (χ0v) is 13.0. The van der Waals surface area contributed by atoms with Crippen LogP contribution in [-0.2, 0) is 4.74 Å². The number of methoxy groups -OCH3 is 1. The van der Waals surface area contributed by atoms with E-state index in [1.54, 1.807) is 21.2 Å². The van der Waals surface area contributed by atoms with Gasteiger partial charge in [-0.3, -0.25) is 0 Å². The van der Waals surface area contributed by atoms with Gasteiger partial charge >= 0.3 is 6.09 Å². The Morgan fingerprint density at radius 2 is 1.95 bits per heavy atom. The van der Waals surface area contributed by atoms with Crippen molar-refractivity contribution >= 4 is 11.8 Å². The number of rotatable bonds is 4. The maximum absolute atomic E-state index is 11.6. The molecule has 2 atom stereocenters. The van der Waals surface area contributed by atoms with Crippen molar-refractivity contribution in [1.82, 2.24) is 4.90 Å². The van der Waals surface area contributed by atoms with Crippen LogP contribution in [0, 0.1) is 0 Å². The van der Waals surface area contributed by atoms with Gasteiger partial charge in [-0.1, -0.05) is 0 Å². The predicted octanol–water partition coefficient (Wildman–Crippen LogP) is 3.12. The van der Waals surface area contributed by atoms with Crippen LogP contribution in [0.15, 0.2) is 24.3 Å². The van der Waals surface area contributed by atoms with Gasteiger partial charge < -0.3 is 19.7 Å². The minimum Gasteiger partial charge on any atom is -0.497 e. The largest absolute Gasteiger partial charge is 0.497 e. The average molecular weight is 292 g/mol. The van der Waals surface area contributed by atoms with Crippen molar-refractivity contribution in [2.75, 3.05) is 26.5 Å². The summed E-state index contributed by atoms with van der Waals surface area (Å²) in [5, 5.41) is 3.50. The number of carbonyl (C=O) groups excluding carboxylic acids is 1. The van der Waals surface area contributed by atoms with E-state index in [4.69, 9.17) is 9.47 Å². The monoisotopic (exact) mass is 292 g/mol. The van der Waals surface area contributed by atoms with Crippen molar-refractivity contribution in [3.05, 3.63) is 24.3 Å². The summed E-state index contributed by atoms with van der Waals surface area (Å²) in [5.74, 6) is 0.849. The highest BCUT2D eigenvalue weighted by Gasteiger charge is 2.25. The number of hydrogen-bond donors (Lipinski definition) is 1. The molecule has 1 aliphatic carbocycles. The molecule has 1 aromatic carbocycles. The lowest BCUT2D eigenvalue weighted by Gasteiger charge is -2.30. The lowest BCUT2D eigenvalue weighted by Crippen LogP contribution is -2.35. The number of nitrogens with one attached hydrogen (secondary N) is 1. The first-order chi connectivity index (χ1) is 10.1. The second kappa shape index (κ2) is 7.20. The Hall–Kier alpha value is -1.91. The van der Waals surface area contributed by atoms with Gasteiger partial charge in [-0.2, -0.15) is 0 Å². The molecule has 0 heterocycles. The van der Waals surface area contributed by atoms with Crippen LogP contribution in [0.4, 0.5) is 10.5 Å². The molecule has 1 saturated carbocycles. The Balaban J connectivity index is 1.87. The van der Waals surface area contributed by atoms with E-state index in [1.165, 1.54) is 4.90 Å². The van der Waals surface area contributed by atoms with Gasteiger partial charge in [0, 0.05) is 32.2 Å². The zero-order valence-electron chi connectivity index (χ0n) is 13.0. The highest BCUT2D eigenvalue weighted by molar-refractivity contribution is 5.67. The Kier molecular flexibility index (Phi) is 5.31. The Bertz CT molecular complexity index is 459. The molecule has 0 bridgehead atoms. The first kappa shape index (κ1) is 15.5. The summed E-state index contributed by atoms with van der Waals surface area (Å²) >= 11 is 0. The van der Waals surface area contributed by atoms with E-state index in [9.17, 15) is 4.79 Å². The van der Waals surface area contributed by atoms with Crippen molar-refractivity contribution in [3.8, 4) is 5.75 Å². The summed E-state index contributed by atoms with van der Waals surface area (Å²) in [4.78, 5) is 13.1. The van der Waals surface area contributed by atoms with Gasteiger partial charge in [-0.15, -0.1) is 0 Å². The Morgan fingerprint density at radius 1 is 1.24 bits per heavy atom. The quantitative estimate of drug-likeness (QED) is 0.926. The summed E-state index contributed by atoms with van der Waals surface area (Å²) in [7, 11) is 5.07. The number of ether oxygens (including phenoxy) is 2. The van der Waals surface area contributed by atoms with Crippen molar-refractivity contribution in [3.63, 3.8) is 0 Å². The second-order valence-corrected chi connectivity index (χ2v) is 5.64. The molecule has 1 amide bonds. The Morgan fingerprint density at radius 3 is 2.57 bits per heavy atom. The van der Waals surface area contributed by atoms with Gasteiger partial charge in [0.05, 0.1) is 7.11 Å². The minimum absolute atomic E-state index is 0.00407. The fourth-order valence-electron chi connectivity index (χ4n) is 2.55. The maximum Gasteiger partial charge on any atom is 0.409 e. The number of carbonyl (C=O) groups is 1. The first-order valence-corrected chi connectivity index (χ1v) is 7.37. The van der Waals surface area contributed by atoms with Gasteiger partial charge in [-0.25, -0.2) is 4.79 Å². The molecule has 0 spiro atoms.